The lowest BCUT2D eigenvalue weighted by Crippen LogP contribution is -3.11. The Hall–Kier alpha value is -1.40. The molecule has 0 spiro atoms. The minimum absolute atomic E-state index is 0.0780. The molecule has 1 unspecified atom stereocenters. The Morgan fingerprint density at radius 3 is 2.70 bits per heavy atom. The van der Waals surface area contributed by atoms with Crippen LogP contribution in [0.4, 0.5) is 5.00 Å². The Labute approximate surface area is 123 Å². The van der Waals surface area contributed by atoms with Crippen LogP contribution in [-0.2, 0) is 17.8 Å². The quantitative estimate of drug-likeness (QED) is 0.752. The van der Waals surface area contributed by atoms with Gasteiger partial charge in [0.05, 0.1) is 23.5 Å². The van der Waals surface area contributed by atoms with Gasteiger partial charge in [0.15, 0.2) is 0 Å². The van der Waals surface area contributed by atoms with E-state index in [1.54, 1.807) is 0 Å². The summed E-state index contributed by atoms with van der Waals surface area (Å²) in [5.41, 5.74) is 7.07. The third-order valence-corrected chi connectivity index (χ3v) is 4.88. The van der Waals surface area contributed by atoms with Crippen LogP contribution >= 0.6 is 11.3 Å². The van der Waals surface area contributed by atoms with Crippen molar-refractivity contribution in [2.45, 2.75) is 33.7 Å². The minimum Gasteiger partial charge on any atom is -0.365 e. The molecule has 2 rings (SSSR count). The number of carbonyl (C=O) groups is 2. The highest BCUT2D eigenvalue weighted by atomic mass is 32.1. The molecule has 1 atom stereocenters. The summed E-state index contributed by atoms with van der Waals surface area (Å²) in [7, 11) is 0. The van der Waals surface area contributed by atoms with Crippen LogP contribution in [0.3, 0.4) is 0 Å². The van der Waals surface area contributed by atoms with E-state index in [-0.39, 0.29) is 11.8 Å². The van der Waals surface area contributed by atoms with E-state index in [0.29, 0.717) is 10.6 Å². The summed E-state index contributed by atoms with van der Waals surface area (Å²) in [5, 5.41) is 3.47. The lowest BCUT2D eigenvalue weighted by molar-refractivity contribution is -0.913. The predicted molar refractivity (Wildman–Crippen MR) is 80.1 cm³/mol. The fourth-order valence-corrected chi connectivity index (χ4v) is 3.77. The molecule has 4 N–H and O–H groups in total. The third-order valence-electron chi connectivity index (χ3n) is 3.74. The summed E-state index contributed by atoms with van der Waals surface area (Å²) in [6.45, 7) is 8.80. The first kappa shape index (κ1) is 15.0. The highest BCUT2D eigenvalue weighted by Gasteiger charge is 2.29. The molecule has 1 aliphatic rings. The Morgan fingerprint density at radius 1 is 1.45 bits per heavy atom. The van der Waals surface area contributed by atoms with Crippen LogP contribution in [0.1, 0.15) is 41.6 Å². The highest BCUT2D eigenvalue weighted by molar-refractivity contribution is 7.17. The summed E-state index contributed by atoms with van der Waals surface area (Å²) < 4.78 is 0. The molecule has 6 heteroatoms. The van der Waals surface area contributed by atoms with E-state index in [9.17, 15) is 9.59 Å². The first-order valence-electron chi connectivity index (χ1n) is 7.02. The smallest absolute Gasteiger partial charge is 0.252 e. The predicted octanol–water partition coefficient (Wildman–Crippen LogP) is 0.402. The maximum absolute atomic E-state index is 11.9. The number of nitrogens with two attached hydrogens (primary N) is 1. The first-order chi connectivity index (χ1) is 9.43. The lowest BCUT2D eigenvalue weighted by atomic mass is 10.0. The van der Waals surface area contributed by atoms with E-state index >= 15 is 0 Å². The normalized spacial score (nSPS) is 17.9. The van der Waals surface area contributed by atoms with Gasteiger partial charge < -0.3 is 16.0 Å². The van der Waals surface area contributed by atoms with Gasteiger partial charge in [0.2, 0.25) is 5.91 Å². The summed E-state index contributed by atoms with van der Waals surface area (Å²) in [6, 6.07) is 0. The largest absolute Gasteiger partial charge is 0.365 e. The Morgan fingerprint density at radius 2 is 2.15 bits per heavy atom. The van der Waals surface area contributed by atoms with Crippen LogP contribution in [0, 0.1) is 5.92 Å². The van der Waals surface area contributed by atoms with Crippen molar-refractivity contribution in [1.29, 1.82) is 0 Å². The number of hydrogen-bond acceptors (Lipinski definition) is 3. The van der Waals surface area contributed by atoms with Crippen molar-refractivity contribution in [1.82, 2.24) is 0 Å². The van der Waals surface area contributed by atoms with Crippen molar-refractivity contribution < 1.29 is 14.5 Å². The SMILES string of the molecule is CC[NH+]1CCc2c(sc(NC(=O)C(C)C)c2C(N)=O)C1. The van der Waals surface area contributed by atoms with E-state index < -0.39 is 5.91 Å². The van der Waals surface area contributed by atoms with Gasteiger partial charge in [-0.2, -0.15) is 0 Å². The van der Waals surface area contributed by atoms with Crippen LogP contribution < -0.4 is 16.0 Å². The topological polar surface area (TPSA) is 76.6 Å². The van der Waals surface area contributed by atoms with Gasteiger partial charge in [0.1, 0.15) is 11.5 Å². The molecule has 1 aliphatic heterocycles. The van der Waals surface area contributed by atoms with E-state index in [1.807, 2.05) is 13.8 Å². The van der Waals surface area contributed by atoms with Crippen molar-refractivity contribution in [3.8, 4) is 0 Å². The van der Waals surface area contributed by atoms with Crippen molar-refractivity contribution in [3.63, 3.8) is 0 Å². The first-order valence-corrected chi connectivity index (χ1v) is 7.84. The average molecular weight is 296 g/mol. The third kappa shape index (κ3) is 2.86. The Bertz CT molecular complexity index is 537. The summed E-state index contributed by atoms with van der Waals surface area (Å²) >= 11 is 1.50. The standard InChI is InChI=1S/C14H21N3O2S/c1-4-17-6-5-9-10(7-17)20-14(11(9)12(15)18)16-13(19)8(2)3/h8H,4-7H2,1-3H3,(H2,15,18)(H,16,19)/p+1. The number of thiophene rings is 1. The number of likely N-dealkylation sites (N-methyl/N-ethyl adjacent to an activating group) is 1. The van der Waals surface area contributed by atoms with E-state index in [4.69, 9.17) is 5.73 Å². The number of primary amides is 1. The number of fused-ring (bicyclic) bond motifs is 1. The van der Waals surface area contributed by atoms with Crippen molar-refractivity contribution in [3.05, 3.63) is 16.0 Å². The second kappa shape index (κ2) is 5.93. The lowest BCUT2D eigenvalue weighted by Gasteiger charge is -2.22. The zero-order valence-corrected chi connectivity index (χ0v) is 13.0. The van der Waals surface area contributed by atoms with Gasteiger partial charge in [0, 0.05) is 12.3 Å². The van der Waals surface area contributed by atoms with Gasteiger partial charge in [-0.05, 0) is 12.5 Å². The van der Waals surface area contributed by atoms with Gasteiger partial charge in [0.25, 0.3) is 5.91 Å². The number of amides is 2. The molecule has 1 aromatic rings. The number of anilines is 1. The average Bonchev–Trinajstić information content (AvgIpc) is 2.75. The van der Waals surface area contributed by atoms with Crippen molar-refractivity contribution >= 4 is 28.2 Å². The van der Waals surface area contributed by atoms with Crippen molar-refractivity contribution in [2.24, 2.45) is 11.7 Å². The summed E-state index contributed by atoms with van der Waals surface area (Å²) in [5.74, 6) is -0.639. The van der Waals surface area contributed by atoms with Gasteiger partial charge in [-0.1, -0.05) is 13.8 Å². The second-order valence-corrected chi connectivity index (χ2v) is 6.60. The fraction of sp³-hybridized carbons (Fsp3) is 0.571. The van der Waals surface area contributed by atoms with Gasteiger partial charge in [-0.25, -0.2) is 0 Å². The maximum atomic E-state index is 11.9. The molecule has 0 bridgehead atoms. The second-order valence-electron chi connectivity index (χ2n) is 5.50. The highest BCUT2D eigenvalue weighted by Crippen LogP contribution is 2.34. The number of carbonyl (C=O) groups excluding carboxylic acids is 2. The molecular formula is C14H22N3O2S+. The van der Waals surface area contributed by atoms with E-state index in [1.165, 1.54) is 21.1 Å². The van der Waals surface area contributed by atoms with Crippen LogP contribution in [0.5, 0.6) is 0 Å². The summed E-state index contributed by atoms with van der Waals surface area (Å²) in [6.07, 6.45) is 0.852. The molecule has 0 saturated carbocycles. The van der Waals surface area contributed by atoms with Crippen LogP contribution in [-0.4, -0.2) is 24.9 Å². The summed E-state index contributed by atoms with van der Waals surface area (Å²) in [4.78, 5) is 26.3. The zero-order chi connectivity index (χ0) is 14.9. The minimum atomic E-state index is -0.443. The monoisotopic (exact) mass is 296 g/mol. The molecule has 110 valence electrons. The number of nitrogens with one attached hydrogen (secondary N) is 2. The van der Waals surface area contributed by atoms with E-state index in [2.05, 4.69) is 12.2 Å². The molecule has 20 heavy (non-hydrogen) atoms. The van der Waals surface area contributed by atoms with Crippen LogP contribution in [0.15, 0.2) is 0 Å². The van der Waals surface area contributed by atoms with Gasteiger partial charge >= 0.3 is 0 Å². The number of quaternary nitrogens is 1. The number of rotatable bonds is 4. The molecule has 1 aromatic heterocycles. The molecule has 0 fully saturated rings. The van der Waals surface area contributed by atoms with Gasteiger partial charge in [-0.15, -0.1) is 11.3 Å². The molecule has 0 radical (unpaired) electrons. The van der Waals surface area contributed by atoms with Crippen LogP contribution in [0.2, 0.25) is 0 Å². The fourth-order valence-electron chi connectivity index (χ4n) is 2.44. The molecule has 0 aromatic carbocycles. The maximum Gasteiger partial charge on any atom is 0.252 e. The van der Waals surface area contributed by atoms with Crippen molar-refractivity contribution in [2.75, 3.05) is 18.4 Å². The molecule has 2 heterocycles. The zero-order valence-electron chi connectivity index (χ0n) is 12.2. The van der Waals surface area contributed by atoms with E-state index in [0.717, 1.165) is 31.6 Å². The molecule has 0 saturated heterocycles. The Balaban J connectivity index is 2.35. The van der Waals surface area contributed by atoms with Gasteiger partial charge in [-0.3, -0.25) is 9.59 Å². The molecular weight excluding hydrogens is 274 g/mol. The molecule has 0 aliphatic carbocycles. The number of hydrogen-bond donors (Lipinski definition) is 3. The molecule has 2 amide bonds. The Kier molecular flexibility index (Phi) is 4.45. The molecule has 5 nitrogen and oxygen atoms in total. The van der Waals surface area contributed by atoms with Crippen LogP contribution in [0.25, 0.3) is 0 Å².